The van der Waals surface area contributed by atoms with Gasteiger partial charge in [0.25, 0.3) is 5.91 Å². The number of hydrogen-bond acceptors (Lipinski definition) is 7. The number of benzene rings is 3. The van der Waals surface area contributed by atoms with Crippen LogP contribution in [-0.2, 0) is 24.0 Å². The Hall–Kier alpha value is -5.17. The van der Waals surface area contributed by atoms with Crippen molar-refractivity contribution in [2.45, 2.75) is 63.9 Å². The van der Waals surface area contributed by atoms with Gasteiger partial charge in [0.05, 0.1) is 25.7 Å². The van der Waals surface area contributed by atoms with E-state index in [1.807, 2.05) is 38.4 Å². The van der Waals surface area contributed by atoms with E-state index in [-0.39, 0.29) is 29.5 Å². The van der Waals surface area contributed by atoms with Gasteiger partial charge in [0, 0.05) is 41.2 Å². The molecule has 0 bridgehead atoms. The van der Waals surface area contributed by atoms with Crippen LogP contribution < -0.4 is 24.8 Å². The van der Waals surface area contributed by atoms with Crippen molar-refractivity contribution < 1.29 is 41.4 Å². The fourth-order valence-corrected chi connectivity index (χ4v) is 6.10. The first-order valence-electron chi connectivity index (χ1n) is 17.0. The number of alkyl halides is 3. The second-order valence-electron chi connectivity index (χ2n) is 12.9. The molecule has 1 heterocycles. The van der Waals surface area contributed by atoms with Crippen LogP contribution in [0, 0.1) is 5.82 Å². The van der Waals surface area contributed by atoms with E-state index in [4.69, 9.17) is 14.2 Å². The molecule has 0 atom stereocenters. The molecule has 1 fully saturated rings. The van der Waals surface area contributed by atoms with Crippen molar-refractivity contribution in [3.05, 3.63) is 101 Å². The summed E-state index contributed by atoms with van der Waals surface area (Å²) in [6.07, 6.45) is -0.600. The number of carbonyl (C=O) groups excluding carboxylic acids is 2. The maximum Gasteiger partial charge on any atom is 0.416 e. The van der Waals surface area contributed by atoms with Crippen molar-refractivity contribution >= 4 is 17.5 Å². The minimum Gasteiger partial charge on any atom is -0.497 e. The van der Waals surface area contributed by atoms with Gasteiger partial charge in [-0.3, -0.25) is 9.59 Å². The van der Waals surface area contributed by atoms with Gasteiger partial charge in [-0.2, -0.15) is 13.2 Å². The summed E-state index contributed by atoms with van der Waals surface area (Å²) >= 11 is 0. The van der Waals surface area contributed by atoms with E-state index < -0.39 is 35.8 Å². The molecule has 13 heteroatoms. The van der Waals surface area contributed by atoms with E-state index in [2.05, 4.69) is 20.5 Å². The van der Waals surface area contributed by atoms with Crippen LogP contribution >= 0.6 is 0 Å². The van der Waals surface area contributed by atoms with E-state index in [1.54, 1.807) is 26.2 Å². The number of aromatic nitrogens is 1. The smallest absolute Gasteiger partial charge is 0.416 e. The van der Waals surface area contributed by atoms with Gasteiger partial charge in [0.1, 0.15) is 23.9 Å². The van der Waals surface area contributed by atoms with E-state index in [1.165, 1.54) is 24.4 Å². The highest BCUT2D eigenvalue weighted by Crippen LogP contribution is 2.35. The van der Waals surface area contributed by atoms with Gasteiger partial charge in [0.15, 0.2) is 0 Å². The normalized spacial score (nSPS) is 15.9. The lowest BCUT2D eigenvalue weighted by molar-refractivity contribution is -0.137. The zero-order valence-corrected chi connectivity index (χ0v) is 29.5. The fraction of sp³-hybridized carbons (Fsp3) is 0.359. The highest BCUT2D eigenvalue weighted by molar-refractivity contribution is 5.98. The van der Waals surface area contributed by atoms with Crippen LogP contribution in [-0.4, -0.2) is 61.6 Å². The summed E-state index contributed by atoms with van der Waals surface area (Å²) in [5.74, 6) is -0.675. The van der Waals surface area contributed by atoms with Crippen molar-refractivity contribution in [3.63, 3.8) is 0 Å². The van der Waals surface area contributed by atoms with Crippen LogP contribution in [0.5, 0.6) is 17.4 Å². The third kappa shape index (κ3) is 9.99. The molecule has 9 nitrogen and oxygen atoms in total. The van der Waals surface area contributed by atoms with Gasteiger partial charge in [-0.05, 0) is 99.8 Å². The molecule has 1 aliphatic rings. The molecule has 5 rings (SSSR count). The molecule has 2 amide bonds. The van der Waals surface area contributed by atoms with Crippen molar-refractivity contribution in [2.24, 2.45) is 0 Å². The maximum atomic E-state index is 15.4. The molecule has 52 heavy (non-hydrogen) atoms. The maximum absolute atomic E-state index is 15.4. The molecule has 0 aliphatic heterocycles. The van der Waals surface area contributed by atoms with Crippen molar-refractivity contribution in [3.8, 4) is 28.5 Å². The Morgan fingerprint density at radius 1 is 0.942 bits per heavy atom. The molecule has 0 spiro atoms. The Morgan fingerprint density at radius 2 is 1.67 bits per heavy atom. The van der Waals surface area contributed by atoms with Crippen LogP contribution in [0.1, 0.15) is 59.7 Å². The molecular weight excluding hydrogens is 680 g/mol. The zero-order valence-electron chi connectivity index (χ0n) is 29.5. The summed E-state index contributed by atoms with van der Waals surface area (Å²) < 4.78 is 73.6. The summed E-state index contributed by atoms with van der Waals surface area (Å²) in [4.78, 5) is 32.5. The third-order valence-electron chi connectivity index (χ3n) is 8.97. The third-order valence-corrected chi connectivity index (χ3v) is 8.97. The average molecular weight is 723 g/mol. The largest absolute Gasteiger partial charge is 0.497 e. The number of nitrogens with one attached hydrogen (secondary N) is 2. The molecule has 1 aromatic heterocycles. The first-order valence-corrected chi connectivity index (χ1v) is 17.0. The van der Waals surface area contributed by atoms with E-state index in [0.29, 0.717) is 48.2 Å². The Labute approximate surface area is 300 Å². The molecule has 1 aliphatic carbocycles. The van der Waals surface area contributed by atoms with Crippen LogP contribution in [0.4, 0.5) is 23.2 Å². The number of methoxy groups -OCH3 is 1. The van der Waals surface area contributed by atoms with Gasteiger partial charge >= 0.3 is 6.18 Å². The lowest BCUT2D eigenvalue weighted by atomic mass is 9.90. The number of rotatable bonds is 13. The summed E-state index contributed by atoms with van der Waals surface area (Å²) in [7, 11) is 5.57. The Kier molecular flexibility index (Phi) is 12.4. The van der Waals surface area contributed by atoms with Gasteiger partial charge < -0.3 is 29.7 Å². The average Bonchev–Trinajstić information content (AvgIpc) is 3.11. The summed E-state index contributed by atoms with van der Waals surface area (Å²) in [5, 5.41) is 5.25. The number of nitrogens with zero attached hydrogens (tertiary/aromatic N) is 2. The molecule has 3 aromatic carbocycles. The highest BCUT2D eigenvalue weighted by Gasteiger charge is 2.32. The van der Waals surface area contributed by atoms with Crippen LogP contribution in [0.25, 0.3) is 11.1 Å². The lowest BCUT2D eigenvalue weighted by Crippen LogP contribution is -2.41. The molecule has 2 N–H and O–H groups in total. The summed E-state index contributed by atoms with van der Waals surface area (Å²) in [6.45, 7) is 2.38. The van der Waals surface area contributed by atoms with Crippen molar-refractivity contribution in [1.82, 2.24) is 15.2 Å². The number of pyridine rings is 1. The van der Waals surface area contributed by atoms with E-state index >= 15 is 4.39 Å². The number of anilines is 1. The Balaban J connectivity index is 1.26. The second-order valence-corrected chi connectivity index (χ2v) is 12.9. The van der Waals surface area contributed by atoms with E-state index in [0.717, 1.165) is 36.3 Å². The number of amides is 2. The first-order chi connectivity index (χ1) is 24.8. The van der Waals surface area contributed by atoms with Crippen molar-refractivity contribution in [2.75, 3.05) is 33.1 Å². The van der Waals surface area contributed by atoms with Gasteiger partial charge in [0.2, 0.25) is 11.8 Å². The van der Waals surface area contributed by atoms with Gasteiger partial charge in [-0.15, -0.1) is 0 Å². The SMILES string of the molecule is CCOc1cc(OCc2ccc(OC)cc2)ncc1-c1ccc(CC(=O)Nc2cc(C(=O)N[C@H]3CC[C@H](N(C)C)CC3)cc(C(F)(F)F)c2)c(F)c1. The van der Waals surface area contributed by atoms with Crippen molar-refractivity contribution in [1.29, 1.82) is 0 Å². The number of halogens is 4. The number of hydrogen-bond donors (Lipinski definition) is 2. The van der Waals surface area contributed by atoms with Crippen LogP contribution in [0.15, 0.2) is 72.9 Å². The monoisotopic (exact) mass is 722 g/mol. The number of ether oxygens (including phenoxy) is 3. The van der Waals surface area contributed by atoms with Crippen LogP contribution in [0.2, 0.25) is 0 Å². The molecule has 0 radical (unpaired) electrons. The summed E-state index contributed by atoms with van der Waals surface area (Å²) in [5.41, 5.74) is 0.310. The highest BCUT2D eigenvalue weighted by atomic mass is 19.4. The molecule has 4 aromatic rings. The Bertz CT molecular complexity index is 1860. The molecule has 276 valence electrons. The summed E-state index contributed by atoms with van der Waals surface area (Å²) in [6, 6.07) is 16.2. The Morgan fingerprint density at radius 3 is 2.31 bits per heavy atom. The standard InChI is InChI=1S/C39H42F4N4O5/c1-5-51-35-21-37(52-23-24-6-14-32(50-4)15-7-24)44-22-33(35)25-8-9-26(34(40)18-25)19-36(48)45-30-17-27(16-28(20-30)39(41,42)43)38(49)46-29-10-12-31(13-11-29)47(2)3/h6-9,14-18,20-22,29,31H,5,10-13,19,23H2,1-4H3,(H,45,48)(H,46,49)/t29-,31-. The topological polar surface area (TPSA) is 102 Å². The van der Waals surface area contributed by atoms with Gasteiger partial charge in [-0.1, -0.05) is 24.3 Å². The number of carbonyl (C=O) groups is 2. The zero-order chi connectivity index (χ0) is 37.4. The fourth-order valence-electron chi connectivity index (χ4n) is 6.10. The second kappa shape index (κ2) is 16.9. The van der Waals surface area contributed by atoms with Crippen LogP contribution in [0.3, 0.4) is 0 Å². The molecule has 0 unspecified atom stereocenters. The predicted molar refractivity (Wildman–Crippen MR) is 189 cm³/mol. The predicted octanol–water partition coefficient (Wildman–Crippen LogP) is 7.68. The minimum atomic E-state index is -4.77. The lowest BCUT2D eigenvalue weighted by Gasteiger charge is -2.33. The molecular formula is C39H42F4N4O5. The first kappa shape index (κ1) is 38.1. The van der Waals surface area contributed by atoms with Gasteiger partial charge in [-0.25, -0.2) is 9.37 Å². The molecule has 0 saturated heterocycles. The molecule has 1 saturated carbocycles. The van der Waals surface area contributed by atoms with E-state index in [9.17, 15) is 22.8 Å². The quantitative estimate of drug-likeness (QED) is 0.137. The minimum absolute atomic E-state index is 0.0184.